The number of rotatable bonds is 4. The van der Waals surface area contributed by atoms with Gasteiger partial charge >= 0.3 is 12.0 Å². The maximum absolute atomic E-state index is 12.5. The molecule has 0 spiro atoms. The highest BCUT2D eigenvalue weighted by Crippen LogP contribution is 2.38. The molecule has 1 saturated carbocycles. The van der Waals surface area contributed by atoms with E-state index in [-0.39, 0.29) is 30.2 Å². The zero-order chi connectivity index (χ0) is 18.1. The number of fused-ring (bicyclic) bond motifs is 1. The van der Waals surface area contributed by atoms with Gasteiger partial charge in [0, 0.05) is 13.1 Å². The van der Waals surface area contributed by atoms with Gasteiger partial charge in [0.1, 0.15) is 6.04 Å². The van der Waals surface area contributed by atoms with Crippen molar-refractivity contribution in [3.8, 4) is 0 Å². The minimum atomic E-state index is -1.08. The standard InChI is InChI=1S/C16H21N3O6/c1-9(15(23)25-8-12(20)18-7-6-17-16(18)24)19-13(21)10-4-2-3-5-11(10)14(19)22/h9-11H,2-8H2,1H3,(H,17,24)/t9-,10+,11+/m0/s1. The lowest BCUT2D eigenvalue weighted by Gasteiger charge is -2.22. The number of nitrogens with one attached hydrogen (secondary N) is 1. The van der Waals surface area contributed by atoms with E-state index in [1.807, 2.05) is 0 Å². The van der Waals surface area contributed by atoms with E-state index in [1.165, 1.54) is 6.92 Å². The fraction of sp³-hybridized carbons (Fsp3) is 0.688. The fourth-order valence-corrected chi connectivity index (χ4v) is 3.72. The summed E-state index contributed by atoms with van der Waals surface area (Å²) in [5, 5.41) is 2.47. The maximum atomic E-state index is 12.5. The van der Waals surface area contributed by atoms with Crippen LogP contribution < -0.4 is 5.32 Å². The van der Waals surface area contributed by atoms with Crippen LogP contribution >= 0.6 is 0 Å². The normalized spacial score (nSPS) is 27.2. The highest BCUT2D eigenvalue weighted by molar-refractivity contribution is 6.08. The predicted octanol–water partition coefficient (Wildman–Crippen LogP) is -0.355. The highest BCUT2D eigenvalue weighted by atomic mass is 16.5. The molecular formula is C16H21N3O6. The van der Waals surface area contributed by atoms with E-state index in [0.29, 0.717) is 19.4 Å². The van der Waals surface area contributed by atoms with Crippen LogP contribution in [-0.4, -0.2) is 65.3 Å². The van der Waals surface area contributed by atoms with Crippen molar-refractivity contribution in [1.29, 1.82) is 0 Å². The number of carbonyl (C=O) groups excluding carboxylic acids is 5. The number of amides is 5. The van der Waals surface area contributed by atoms with Gasteiger partial charge in [0.15, 0.2) is 6.61 Å². The first-order chi connectivity index (χ1) is 11.9. The molecule has 9 heteroatoms. The second-order valence-corrected chi connectivity index (χ2v) is 6.60. The van der Waals surface area contributed by atoms with Crippen LogP contribution in [0.4, 0.5) is 4.79 Å². The van der Waals surface area contributed by atoms with Crippen LogP contribution in [-0.2, 0) is 23.9 Å². The maximum Gasteiger partial charge on any atom is 0.329 e. The van der Waals surface area contributed by atoms with Gasteiger partial charge in [-0.2, -0.15) is 0 Å². The minimum Gasteiger partial charge on any atom is -0.454 e. The van der Waals surface area contributed by atoms with E-state index < -0.39 is 30.6 Å². The molecule has 3 aliphatic rings. The van der Waals surface area contributed by atoms with E-state index in [9.17, 15) is 24.0 Å². The summed E-state index contributed by atoms with van der Waals surface area (Å²) in [6.45, 7) is 1.40. The molecule has 5 amide bonds. The van der Waals surface area contributed by atoms with Crippen molar-refractivity contribution in [2.45, 2.75) is 38.6 Å². The fourth-order valence-electron chi connectivity index (χ4n) is 3.72. The Kier molecular flexibility index (Phi) is 4.73. The van der Waals surface area contributed by atoms with Gasteiger partial charge in [0.25, 0.3) is 5.91 Å². The van der Waals surface area contributed by atoms with E-state index in [0.717, 1.165) is 22.6 Å². The Balaban J connectivity index is 1.58. The molecule has 0 bridgehead atoms. The average molecular weight is 351 g/mol. The molecule has 2 aliphatic heterocycles. The number of hydrogen-bond acceptors (Lipinski definition) is 6. The molecule has 2 saturated heterocycles. The smallest absolute Gasteiger partial charge is 0.329 e. The Bertz CT molecular complexity index is 609. The summed E-state index contributed by atoms with van der Waals surface area (Å²) >= 11 is 0. The van der Waals surface area contributed by atoms with Crippen molar-refractivity contribution >= 4 is 29.7 Å². The number of esters is 1. The zero-order valence-electron chi connectivity index (χ0n) is 14.0. The van der Waals surface area contributed by atoms with Crippen LogP contribution in [0.15, 0.2) is 0 Å². The molecule has 136 valence electrons. The topological polar surface area (TPSA) is 113 Å². The second-order valence-electron chi connectivity index (χ2n) is 6.60. The molecule has 1 aliphatic carbocycles. The molecular weight excluding hydrogens is 330 g/mol. The lowest BCUT2D eigenvalue weighted by molar-refractivity contribution is -0.160. The first kappa shape index (κ1) is 17.4. The summed E-state index contributed by atoms with van der Waals surface area (Å²) in [5.74, 6) is -2.80. The molecule has 3 fully saturated rings. The molecule has 9 nitrogen and oxygen atoms in total. The van der Waals surface area contributed by atoms with Gasteiger partial charge in [-0.25, -0.2) is 9.59 Å². The summed E-state index contributed by atoms with van der Waals surface area (Å²) in [6.07, 6.45) is 3.13. The van der Waals surface area contributed by atoms with Crippen molar-refractivity contribution in [1.82, 2.24) is 15.1 Å². The second kappa shape index (κ2) is 6.81. The van der Waals surface area contributed by atoms with Gasteiger partial charge < -0.3 is 10.1 Å². The van der Waals surface area contributed by atoms with Crippen LogP contribution in [0.3, 0.4) is 0 Å². The Morgan fingerprint density at radius 2 is 1.76 bits per heavy atom. The van der Waals surface area contributed by atoms with Gasteiger partial charge in [-0.05, 0) is 19.8 Å². The van der Waals surface area contributed by atoms with Crippen molar-refractivity contribution in [2.75, 3.05) is 19.7 Å². The van der Waals surface area contributed by atoms with E-state index in [1.54, 1.807) is 0 Å². The first-order valence-corrected chi connectivity index (χ1v) is 8.53. The Labute approximate surface area is 144 Å². The lowest BCUT2D eigenvalue weighted by atomic mass is 9.81. The van der Waals surface area contributed by atoms with E-state index in [4.69, 9.17) is 4.74 Å². The predicted molar refractivity (Wildman–Crippen MR) is 82.8 cm³/mol. The third-order valence-corrected chi connectivity index (χ3v) is 5.10. The van der Waals surface area contributed by atoms with Gasteiger partial charge in [0.05, 0.1) is 11.8 Å². The van der Waals surface area contributed by atoms with Crippen LogP contribution in [0, 0.1) is 11.8 Å². The molecule has 25 heavy (non-hydrogen) atoms. The zero-order valence-corrected chi connectivity index (χ0v) is 14.0. The van der Waals surface area contributed by atoms with Crippen molar-refractivity contribution in [3.63, 3.8) is 0 Å². The monoisotopic (exact) mass is 351 g/mol. The largest absolute Gasteiger partial charge is 0.454 e. The number of ether oxygens (including phenoxy) is 1. The third-order valence-electron chi connectivity index (χ3n) is 5.10. The number of likely N-dealkylation sites (tertiary alicyclic amines) is 1. The minimum absolute atomic E-state index is 0.219. The third kappa shape index (κ3) is 3.10. The Morgan fingerprint density at radius 3 is 2.28 bits per heavy atom. The van der Waals surface area contributed by atoms with Gasteiger partial charge in [-0.1, -0.05) is 12.8 Å². The molecule has 0 aromatic rings. The summed E-state index contributed by atoms with van der Waals surface area (Å²) in [6, 6.07) is -1.60. The van der Waals surface area contributed by atoms with Gasteiger partial charge in [-0.3, -0.25) is 24.2 Å². The number of urea groups is 1. The van der Waals surface area contributed by atoms with Crippen LogP contribution in [0.1, 0.15) is 32.6 Å². The molecule has 3 rings (SSSR count). The van der Waals surface area contributed by atoms with Crippen molar-refractivity contribution in [3.05, 3.63) is 0 Å². The number of carbonyl (C=O) groups is 5. The highest BCUT2D eigenvalue weighted by Gasteiger charge is 2.51. The summed E-state index contributed by atoms with van der Waals surface area (Å²) in [5.41, 5.74) is 0. The van der Waals surface area contributed by atoms with Crippen LogP contribution in [0.2, 0.25) is 0 Å². The number of imide groups is 2. The summed E-state index contributed by atoms with van der Waals surface area (Å²) in [7, 11) is 0. The summed E-state index contributed by atoms with van der Waals surface area (Å²) in [4.78, 5) is 62.3. The van der Waals surface area contributed by atoms with Crippen molar-refractivity contribution in [2.24, 2.45) is 11.8 Å². The number of nitrogens with zero attached hydrogens (tertiary/aromatic N) is 2. The number of hydrogen-bond donors (Lipinski definition) is 1. The van der Waals surface area contributed by atoms with Crippen LogP contribution in [0.25, 0.3) is 0 Å². The first-order valence-electron chi connectivity index (χ1n) is 8.53. The summed E-state index contributed by atoms with van der Waals surface area (Å²) < 4.78 is 4.93. The average Bonchev–Trinajstić information content (AvgIpc) is 3.14. The quantitative estimate of drug-likeness (QED) is 0.547. The Morgan fingerprint density at radius 1 is 1.16 bits per heavy atom. The molecule has 0 aromatic heterocycles. The Hall–Kier alpha value is -2.45. The SMILES string of the molecule is C[C@@H](C(=O)OCC(=O)N1CCNC1=O)N1C(=O)[C@@H]2CCCC[C@H]2C1=O. The van der Waals surface area contributed by atoms with Crippen molar-refractivity contribution < 1.29 is 28.7 Å². The van der Waals surface area contributed by atoms with Crippen LogP contribution in [0.5, 0.6) is 0 Å². The molecule has 0 radical (unpaired) electrons. The molecule has 0 unspecified atom stereocenters. The molecule has 1 N–H and O–H groups in total. The molecule has 2 heterocycles. The molecule has 0 aromatic carbocycles. The van der Waals surface area contributed by atoms with Gasteiger partial charge in [0.2, 0.25) is 11.8 Å². The molecule has 3 atom stereocenters. The van der Waals surface area contributed by atoms with E-state index in [2.05, 4.69) is 5.32 Å². The van der Waals surface area contributed by atoms with Gasteiger partial charge in [-0.15, -0.1) is 0 Å². The lowest BCUT2D eigenvalue weighted by Crippen LogP contribution is -2.45. The van der Waals surface area contributed by atoms with E-state index >= 15 is 0 Å².